The van der Waals surface area contributed by atoms with Crippen LogP contribution in [0.1, 0.15) is 194 Å². The first-order valence-corrected chi connectivity index (χ1v) is 35.0. The van der Waals surface area contributed by atoms with Gasteiger partial charge in [0.15, 0.2) is 0 Å². The molecule has 2 aromatic carbocycles. The molecule has 0 amide bonds. The van der Waals surface area contributed by atoms with Crippen molar-refractivity contribution in [3.05, 3.63) is 59.7 Å². The Morgan fingerprint density at radius 2 is 0.647 bits per heavy atom. The molecular formula is C46H82O3Sn2. The van der Waals surface area contributed by atoms with Gasteiger partial charge in [-0.1, -0.05) is 0 Å². The molecule has 3 nitrogen and oxygen atoms in total. The van der Waals surface area contributed by atoms with Crippen LogP contribution in [-0.2, 0) is 14.3 Å². The molecular weight excluding hydrogens is 838 g/mol. The van der Waals surface area contributed by atoms with E-state index in [1.807, 2.05) is 0 Å². The zero-order chi connectivity index (χ0) is 36.9. The molecule has 0 radical (unpaired) electrons. The molecule has 5 heteroatoms. The van der Waals surface area contributed by atoms with Gasteiger partial charge in [-0.2, -0.15) is 0 Å². The van der Waals surface area contributed by atoms with E-state index >= 15 is 0 Å². The van der Waals surface area contributed by atoms with E-state index in [9.17, 15) is 0 Å². The summed E-state index contributed by atoms with van der Waals surface area (Å²) in [6.07, 6.45) is 30.4. The number of aryl methyl sites for hydroxylation is 2. The van der Waals surface area contributed by atoms with E-state index < -0.39 is 38.4 Å². The summed E-state index contributed by atoms with van der Waals surface area (Å²) in [5.74, 6) is 2.27. The van der Waals surface area contributed by atoms with E-state index in [1.165, 1.54) is 152 Å². The molecule has 0 fully saturated rings. The molecule has 2 aromatic rings. The molecule has 0 spiro atoms. The Kier molecular flexibility index (Phi) is 27.4. The van der Waals surface area contributed by atoms with Crippen molar-refractivity contribution in [2.24, 2.45) is 0 Å². The Balaban J connectivity index is 2.43. The fourth-order valence-electron chi connectivity index (χ4n) is 7.39. The number of hydrogen-bond donors (Lipinski definition) is 0. The molecule has 0 saturated heterocycles. The molecule has 0 heterocycles. The molecule has 0 aromatic heterocycles. The second kappa shape index (κ2) is 29.9. The summed E-state index contributed by atoms with van der Waals surface area (Å²) in [5.41, 5.74) is 2.79. The van der Waals surface area contributed by atoms with E-state index in [1.54, 1.807) is 0 Å². The molecule has 0 saturated carbocycles. The van der Waals surface area contributed by atoms with E-state index in [0.717, 1.165) is 42.1 Å². The summed E-state index contributed by atoms with van der Waals surface area (Å²) in [4.78, 5) is 0. The van der Waals surface area contributed by atoms with Crippen LogP contribution in [0.25, 0.3) is 0 Å². The maximum absolute atomic E-state index is 8.09. The van der Waals surface area contributed by atoms with Crippen molar-refractivity contribution in [1.82, 2.24) is 0 Å². The minimum atomic E-state index is -3.70. The average molecular weight is 921 g/mol. The summed E-state index contributed by atoms with van der Waals surface area (Å²) < 4.78 is 27.9. The normalized spacial score (nSPS) is 12.0. The quantitative estimate of drug-likeness (QED) is 0.0517. The van der Waals surface area contributed by atoms with Crippen LogP contribution in [0.5, 0.6) is 11.5 Å². The standard InChI is InChI=1S/2C15H24O.4C4H9.O.2Sn/c2*1-2-3-4-5-6-7-8-11-14-12-9-10-13-15(14)16;4*1-3-4-2;;;/h2*9-10,12-13,16H,2-8,11H2,1H3;4*1,3-4H2,2H3;;;/q;;;;;;;2*+1/p-2. The number of rotatable bonds is 34. The zero-order valence-corrected chi connectivity index (χ0v) is 40.4. The third-order valence-corrected chi connectivity index (χ3v) is 43.1. The van der Waals surface area contributed by atoms with Gasteiger partial charge in [0.2, 0.25) is 0 Å². The minimum absolute atomic E-state index is 1.11. The molecule has 0 bridgehead atoms. The SMILES string of the molecule is CCCCCCCCCc1ccccc1[O][Sn]([CH2]CCC)([CH2]CCC)[O][Sn]([CH2]CCC)([CH2]CCC)[O]c1ccccc1CCCCCCCCC. The van der Waals surface area contributed by atoms with E-state index in [-0.39, 0.29) is 0 Å². The maximum atomic E-state index is 8.09. The van der Waals surface area contributed by atoms with Crippen molar-refractivity contribution in [3.8, 4) is 11.5 Å². The van der Waals surface area contributed by atoms with Crippen LogP contribution < -0.4 is 6.15 Å². The van der Waals surface area contributed by atoms with Crippen LogP contribution in [0.2, 0.25) is 17.7 Å². The van der Waals surface area contributed by atoms with Crippen molar-refractivity contribution in [1.29, 1.82) is 0 Å². The van der Waals surface area contributed by atoms with Gasteiger partial charge >= 0.3 is 331 Å². The number of para-hydroxylation sites is 2. The zero-order valence-electron chi connectivity index (χ0n) is 34.6. The molecule has 0 N–H and O–H groups in total. The van der Waals surface area contributed by atoms with Crippen molar-refractivity contribution < 1.29 is 7.56 Å². The first kappa shape index (κ1) is 46.8. The van der Waals surface area contributed by atoms with E-state index in [2.05, 4.69) is 90.1 Å². The fourth-order valence-corrected chi connectivity index (χ4v) is 49.3. The van der Waals surface area contributed by atoms with E-state index in [0.29, 0.717) is 0 Å². The Morgan fingerprint density at radius 3 is 0.980 bits per heavy atom. The van der Waals surface area contributed by atoms with Gasteiger partial charge in [-0.25, -0.2) is 0 Å². The van der Waals surface area contributed by atoms with Crippen LogP contribution >= 0.6 is 0 Å². The first-order valence-electron chi connectivity index (χ1n) is 22.2. The predicted molar refractivity (Wildman–Crippen MR) is 229 cm³/mol. The summed E-state index contributed by atoms with van der Waals surface area (Å²) >= 11 is -7.40. The topological polar surface area (TPSA) is 27.7 Å². The van der Waals surface area contributed by atoms with Crippen molar-refractivity contribution in [2.45, 2.75) is 213 Å². The monoisotopic (exact) mass is 922 g/mol. The van der Waals surface area contributed by atoms with Gasteiger partial charge in [0, 0.05) is 0 Å². The van der Waals surface area contributed by atoms with Crippen molar-refractivity contribution in [2.75, 3.05) is 0 Å². The van der Waals surface area contributed by atoms with Gasteiger partial charge in [0.25, 0.3) is 0 Å². The van der Waals surface area contributed by atoms with Crippen LogP contribution in [0.3, 0.4) is 0 Å². The van der Waals surface area contributed by atoms with Gasteiger partial charge in [-0.15, -0.1) is 0 Å². The number of hydrogen-bond acceptors (Lipinski definition) is 3. The second-order valence-electron chi connectivity index (χ2n) is 15.5. The van der Waals surface area contributed by atoms with Crippen LogP contribution in [-0.4, -0.2) is 38.4 Å². The summed E-state index contributed by atoms with van der Waals surface area (Å²) in [7, 11) is 0. The first-order chi connectivity index (χ1) is 25.0. The Hall–Kier alpha value is -0.403. The Labute approximate surface area is 328 Å². The van der Waals surface area contributed by atoms with Crippen molar-refractivity contribution in [3.63, 3.8) is 0 Å². The fraction of sp³-hybridized carbons (Fsp3) is 0.739. The van der Waals surface area contributed by atoms with Crippen molar-refractivity contribution >= 4 is 38.4 Å². The second-order valence-corrected chi connectivity index (χ2v) is 37.3. The molecule has 0 aliphatic rings. The summed E-state index contributed by atoms with van der Waals surface area (Å²) in [5, 5.41) is 0. The van der Waals surface area contributed by atoms with E-state index in [4.69, 9.17) is 7.56 Å². The average Bonchev–Trinajstić information content (AvgIpc) is 3.15. The molecule has 0 unspecified atom stereocenters. The Morgan fingerprint density at radius 1 is 0.353 bits per heavy atom. The molecule has 51 heavy (non-hydrogen) atoms. The van der Waals surface area contributed by atoms with Gasteiger partial charge in [0.1, 0.15) is 0 Å². The third-order valence-electron chi connectivity index (χ3n) is 10.7. The molecule has 2 rings (SSSR count). The number of unbranched alkanes of at least 4 members (excludes halogenated alkanes) is 16. The van der Waals surface area contributed by atoms with Crippen LogP contribution in [0.4, 0.5) is 0 Å². The third kappa shape index (κ3) is 19.7. The summed E-state index contributed by atoms with van der Waals surface area (Å²) in [6.45, 7) is 14.0. The predicted octanol–water partition coefficient (Wildman–Crippen LogP) is 15.8. The van der Waals surface area contributed by atoms with Crippen LogP contribution in [0, 0.1) is 0 Å². The number of benzene rings is 2. The van der Waals surface area contributed by atoms with Gasteiger partial charge < -0.3 is 0 Å². The Bertz CT molecular complexity index is 1000. The molecule has 0 aliphatic heterocycles. The van der Waals surface area contributed by atoms with Crippen LogP contribution in [0.15, 0.2) is 48.5 Å². The molecule has 292 valence electrons. The molecule has 0 aliphatic carbocycles. The van der Waals surface area contributed by atoms with Gasteiger partial charge in [-0.3, -0.25) is 0 Å². The van der Waals surface area contributed by atoms with Gasteiger partial charge in [-0.05, 0) is 0 Å². The molecule has 0 atom stereocenters. The van der Waals surface area contributed by atoms with Gasteiger partial charge in [0.05, 0.1) is 0 Å². The summed E-state index contributed by atoms with van der Waals surface area (Å²) in [6, 6.07) is 18.1.